The van der Waals surface area contributed by atoms with Crippen LogP contribution in [-0.4, -0.2) is 4.98 Å². The van der Waals surface area contributed by atoms with Crippen molar-refractivity contribution in [3.63, 3.8) is 0 Å². The van der Waals surface area contributed by atoms with Crippen LogP contribution in [0.1, 0.15) is 30.9 Å². The van der Waals surface area contributed by atoms with Gasteiger partial charge in [-0.05, 0) is 48.7 Å². The summed E-state index contributed by atoms with van der Waals surface area (Å²) in [5.74, 6) is 0.526. The fourth-order valence-corrected chi connectivity index (χ4v) is 3.28. The summed E-state index contributed by atoms with van der Waals surface area (Å²) < 4.78 is 8.10. The lowest BCUT2D eigenvalue weighted by Crippen LogP contribution is -2.31. The van der Waals surface area contributed by atoms with Gasteiger partial charge in [-0.15, -0.1) is 0 Å². The van der Waals surface area contributed by atoms with Crippen LogP contribution in [0.25, 0.3) is 33.3 Å². The van der Waals surface area contributed by atoms with E-state index in [1.807, 2.05) is 6.07 Å². The summed E-state index contributed by atoms with van der Waals surface area (Å²) >= 11 is 0. The van der Waals surface area contributed by atoms with Crippen molar-refractivity contribution in [3.05, 3.63) is 59.9 Å². The first-order valence-corrected chi connectivity index (χ1v) is 8.32. The number of hydrogen-bond donors (Lipinski definition) is 0. The number of rotatable bonds is 2. The maximum absolute atomic E-state index is 5.89. The van der Waals surface area contributed by atoms with Crippen molar-refractivity contribution in [2.75, 3.05) is 0 Å². The molecule has 1 aromatic carbocycles. The minimum absolute atomic E-state index is 0.526. The number of nitrogens with zero attached hydrogens (tertiary/aromatic N) is 2. The van der Waals surface area contributed by atoms with Crippen LogP contribution < -0.4 is 4.57 Å². The Morgan fingerprint density at radius 3 is 2.67 bits per heavy atom. The van der Waals surface area contributed by atoms with Crippen LogP contribution in [0.15, 0.2) is 53.2 Å². The molecule has 4 rings (SSSR count). The van der Waals surface area contributed by atoms with Crippen LogP contribution in [0, 0.1) is 6.92 Å². The predicted molar refractivity (Wildman–Crippen MR) is 97.0 cm³/mol. The summed E-state index contributed by atoms with van der Waals surface area (Å²) in [6.07, 6.45) is 3.99. The summed E-state index contributed by atoms with van der Waals surface area (Å²) in [5.41, 5.74) is 6.58. The maximum atomic E-state index is 5.89. The van der Waals surface area contributed by atoms with Crippen molar-refractivity contribution < 1.29 is 8.98 Å². The Balaban J connectivity index is 1.96. The van der Waals surface area contributed by atoms with Gasteiger partial charge in [0, 0.05) is 34.2 Å². The second-order valence-electron chi connectivity index (χ2n) is 6.73. The van der Waals surface area contributed by atoms with Crippen LogP contribution in [-0.2, 0) is 7.05 Å². The zero-order valence-electron chi connectivity index (χ0n) is 14.5. The Bertz CT molecular complexity index is 1060. The van der Waals surface area contributed by atoms with Gasteiger partial charge in [0.05, 0.1) is 0 Å². The molecule has 3 heteroatoms. The van der Waals surface area contributed by atoms with E-state index in [1.54, 1.807) is 6.20 Å². The van der Waals surface area contributed by atoms with Gasteiger partial charge in [0.1, 0.15) is 12.6 Å². The molecular formula is C21H21N2O+. The predicted octanol–water partition coefficient (Wildman–Crippen LogP) is 4.90. The molecule has 0 N–H and O–H groups in total. The van der Waals surface area contributed by atoms with E-state index in [4.69, 9.17) is 4.42 Å². The number of furan rings is 1. The van der Waals surface area contributed by atoms with Crippen molar-refractivity contribution >= 4 is 22.1 Å². The molecule has 0 amide bonds. The Morgan fingerprint density at radius 2 is 1.92 bits per heavy atom. The first-order valence-electron chi connectivity index (χ1n) is 8.32. The maximum Gasteiger partial charge on any atom is 0.227 e. The molecule has 0 saturated heterocycles. The Hall–Kier alpha value is -2.68. The van der Waals surface area contributed by atoms with Gasteiger partial charge in [0.15, 0.2) is 6.20 Å². The molecular weight excluding hydrogens is 296 g/mol. The average Bonchev–Trinajstić information content (AvgIpc) is 2.91. The highest BCUT2D eigenvalue weighted by atomic mass is 16.3. The number of benzene rings is 1. The van der Waals surface area contributed by atoms with Gasteiger partial charge in [-0.1, -0.05) is 13.8 Å². The summed E-state index contributed by atoms with van der Waals surface area (Å²) in [6, 6.07) is 12.8. The fraction of sp³-hybridized carbons (Fsp3) is 0.238. The van der Waals surface area contributed by atoms with Gasteiger partial charge in [-0.3, -0.25) is 0 Å². The molecule has 3 heterocycles. The Morgan fingerprint density at radius 1 is 1.08 bits per heavy atom. The van der Waals surface area contributed by atoms with Crippen molar-refractivity contribution in [1.82, 2.24) is 4.98 Å². The summed E-state index contributed by atoms with van der Waals surface area (Å²) in [5, 5.41) is 2.18. The molecule has 0 saturated carbocycles. The van der Waals surface area contributed by atoms with Gasteiger partial charge in [0.2, 0.25) is 11.4 Å². The van der Waals surface area contributed by atoms with Crippen LogP contribution in [0.5, 0.6) is 0 Å². The van der Waals surface area contributed by atoms with Crippen molar-refractivity contribution in [2.45, 2.75) is 26.7 Å². The lowest BCUT2D eigenvalue weighted by Gasteiger charge is -2.08. The minimum atomic E-state index is 0.526. The lowest BCUT2D eigenvalue weighted by atomic mass is 9.99. The molecule has 24 heavy (non-hydrogen) atoms. The lowest BCUT2D eigenvalue weighted by molar-refractivity contribution is -0.660. The molecule has 0 bridgehead atoms. The van der Waals surface area contributed by atoms with E-state index in [1.165, 1.54) is 22.4 Å². The topological polar surface area (TPSA) is 29.9 Å². The summed E-state index contributed by atoms with van der Waals surface area (Å²) in [6.45, 7) is 6.57. The van der Waals surface area contributed by atoms with Gasteiger partial charge < -0.3 is 4.42 Å². The fourth-order valence-electron chi connectivity index (χ4n) is 3.28. The molecule has 0 fully saturated rings. The number of hydrogen-bond acceptors (Lipinski definition) is 2. The van der Waals surface area contributed by atoms with Gasteiger partial charge >= 0.3 is 0 Å². The van der Waals surface area contributed by atoms with Crippen LogP contribution >= 0.6 is 0 Å². The van der Waals surface area contributed by atoms with Crippen LogP contribution in [0.2, 0.25) is 0 Å². The molecule has 0 aliphatic rings. The molecule has 3 nitrogen and oxygen atoms in total. The Kier molecular flexibility index (Phi) is 3.38. The molecule has 0 atom stereocenters. The van der Waals surface area contributed by atoms with E-state index in [0.29, 0.717) is 11.6 Å². The summed E-state index contributed by atoms with van der Waals surface area (Å²) in [7, 11) is 2.11. The van der Waals surface area contributed by atoms with Crippen LogP contribution in [0.4, 0.5) is 0 Å². The third-order valence-electron chi connectivity index (χ3n) is 4.69. The van der Waals surface area contributed by atoms with E-state index < -0.39 is 0 Å². The average molecular weight is 317 g/mol. The zero-order chi connectivity index (χ0) is 16.8. The first-order chi connectivity index (χ1) is 11.5. The smallest absolute Gasteiger partial charge is 0.227 e. The van der Waals surface area contributed by atoms with E-state index in [2.05, 4.69) is 73.9 Å². The highest BCUT2D eigenvalue weighted by molar-refractivity contribution is 6.05. The number of aromatic nitrogens is 2. The van der Waals surface area contributed by atoms with Gasteiger partial charge in [0.25, 0.3) is 0 Å². The Labute approximate surface area is 141 Å². The van der Waals surface area contributed by atoms with Crippen LogP contribution in [0.3, 0.4) is 0 Å². The SMILES string of the molecule is Cc1cc2oc3ncccc3c2cc1-c1ccc(C(C)C)c[n+]1C. The molecule has 0 aliphatic heterocycles. The van der Waals surface area contributed by atoms with E-state index >= 15 is 0 Å². The van der Waals surface area contributed by atoms with E-state index in [9.17, 15) is 0 Å². The van der Waals surface area contributed by atoms with E-state index in [0.717, 1.165) is 16.4 Å². The van der Waals surface area contributed by atoms with E-state index in [-0.39, 0.29) is 0 Å². The molecule has 3 aromatic heterocycles. The third kappa shape index (κ3) is 2.28. The molecule has 0 radical (unpaired) electrons. The normalized spacial score (nSPS) is 11.7. The number of fused-ring (bicyclic) bond motifs is 3. The minimum Gasteiger partial charge on any atom is -0.438 e. The largest absolute Gasteiger partial charge is 0.438 e. The first kappa shape index (κ1) is 14.9. The molecule has 0 spiro atoms. The highest BCUT2D eigenvalue weighted by Gasteiger charge is 2.17. The molecule has 0 aliphatic carbocycles. The standard InChI is InChI=1S/C21H21N2O/c1-13(2)15-7-8-19(23(4)12-15)17-11-18-16-6-5-9-22-21(16)24-20(18)10-14(17)3/h5-13H,1-4H3/q+1. The second-order valence-corrected chi connectivity index (χ2v) is 6.73. The number of pyridine rings is 2. The number of aryl methyl sites for hydroxylation is 2. The second kappa shape index (κ2) is 5.45. The molecule has 4 aromatic rings. The van der Waals surface area contributed by atoms with Gasteiger partial charge in [-0.25, -0.2) is 9.55 Å². The monoisotopic (exact) mass is 317 g/mol. The highest BCUT2D eigenvalue weighted by Crippen LogP contribution is 2.33. The van der Waals surface area contributed by atoms with Gasteiger partial charge in [-0.2, -0.15) is 0 Å². The third-order valence-corrected chi connectivity index (χ3v) is 4.69. The van der Waals surface area contributed by atoms with Crippen molar-refractivity contribution in [2.24, 2.45) is 7.05 Å². The van der Waals surface area contributed by atoms with Crippen molar-refractivity contribution in [1.29, 1.82) is 0 Å². The molecule has 0 unspecified atom stereocenters. The van der Waals surface area contributed by atoms with Crippen molar-refractivity contribution in [3.8, 4) is 11.3 Å². The molecule has 120 valence electrons. The summed E-state index contributed by atoms with van der Waals surface area (Å²) in [4.78, 5) is 4.33. The quantitative estimate of drug-likeness (QED) is 0.492. The zero-order valence-corrected chi connectivity index (χ0v) is 14.5.